The molecule has 0 aliphatic rings. The summed E-state index contributed by atoms with van der Waals surface area (Å²) in [6, 6.07) is 13.1. The van der Waals surface area contributed by atoms with E-state index in [9.17, 15) is 0 Å². The monoisotopic (exact) mass is 240 g/mol. The van der Waals surface area contributed by atoms with Gasteiger partial charge in [-0.1, -0.05) is 44.2 Å². The van der Waals surface area contributed by atoms with Crippen molar-refractivity contribution in [1.29, 1.82) is 0 Å². The molecule has 0 fully saturated rings. The lowest BCUT2D eigenvalue weighted by Crippen LogP contribution is -2.17. The van der Waals surface area contributed by atoms with Crippen LogP contribution in [0.2, 0.25) is 0 Å². The van der Waals surface area contributed by atoms with E-state index in [1.54, 1.807) is 6.20 Å². The van der Waals surface area contributed by atoms with Crippen LogP contribution in [0.15, 0.2) is 48.8 Å². The molecule has 1 heterocycles. The molecule has 0 bridgehead atoms. The minimum atomic E-state index is 0.208. The van der Waals surface area contributed by atoms with E-state index in [-0.39, 0.29) is 6.04 Å². The third kappa shape index (κ3) is 2.77. The molecule has 0 aliphatic heterocycles. The van der Waals surface area contributed by atoms with Crippen LogP contribution in [0, 0.1) is 0 Å². The van der Waals surface area contributed by atoms with Crippen molar-refractivity contribution in [2.75, 3.05) is 7.05 Å². The zero-order valence-corrected chi connectivity index (χ0v) is 11.2. The van der Waals surface area contributed by atoms with E-state index in [4.69, 9.17) is 0 Å². The Bertz CT molecular complexity index is 474. The summed E-state index contributed by atoms with van der Waals surface area (Å²) < 4.78 is 0. The lowest BCUT2D eigenvalue weighted by molar-refractivity contribution is 0.688. The van der Waals surface area contributed by atoms with Crippen LogP contribution in [0.3, 0.4) is 0 Å². The summed E-state index contributed by atoms with van der Waals surface area (Å²) >= 11 is 0. The van der Waals surface area contributed by atoms with Gasteiger partial charge >= 0.3 is 0 Å². The van der Waals surface area contributed by atoms with Crippen molar-refractivity contribution in [3.63, 3.8) is 0 Å². The lowest BCUT2D eigenvalue weighted by atomic mass is 9.96. The van der Waals surface area contributed by atoms with Crippen molar-refractivity contribution in [2.45, 2.75) is 25.8 Å². The first kappa shape index (κ1) is 12.8. The van der Waals surface area contributed by atoms with Crippen molar-refractivity contribution in [1.82, 2.24) is 10.3 Å². The third-order valence-corrected chi connectivity index (χ3v) is 3.24. The Morgan fingerprint density at radius 1 is 0.944 bits per heavy atom. The van der Waals surface area contributed by atoms with Gasteiger partial charge in [0, 0.05) is 12.4 Å². The highest BCUT2D eigenvalue weighted by molar-refractivity contribution is 5.33. The van der Waals surface area contributed by atoms with Gasteiger partial charge in [-0.15, -0.1) is 0 Å². The normalized spacial score (nSPS) is 12.7. The fourth-order valence-electron chi connectivity index (χ4n) is 2.15. The second-order valence-corrected chi connectivity index (χ2v) is 4.83. The zero-order valence-electron chi connectivity index (χ0n) is 11.2. The van der Waals surface area contributed by atoms with E-state index in [0.717, 1.165) is 0 Å². The minimum absolute atomic E-state index is 0.208. The van der Waals surface area contributed by atoms with Gasteiger partial charge in [-0.3, -0.25) is 4.98 Å². The van der Waals surface area contributed by atoms with Gasteiger partial charge in [0.2, 0.25) is 0 Å². The summed E-state index contributed by atoms with van der Waals surface area (Å²) in [4.78, 5) is 4.18. The number of rotatable bonds is 4. The summed E-state index contributed by atoms with van der Waals surface area (Å²) in [6.45, 7) is 4.43. The molecule has 1 atom stereocenters. The Labute approximate surface area is 109 Å². The summed E-state index contributed by atoms with van der Waals surface area (Å²) in [5.41, 5.74) is 3.84. The molecule has 94 valence electrons. The minimum Gasteiger partial charge on any atom is -0.309 e. The summed E-state index contributed by atoms with van der Waals surface area (Å²) in [7, 11) is 1.98. The third-order valence-electron chi connectivity index (χ3n) is 3.24. The van der Waals surface area contributed by atoms with Crippen LogP contribution in [0.4, 0.5) is 0 Å². The first-order chi connectivity index (χ1) is 8.72. The maximum Gasteiger partial charge on any atom is 0.0589 e. The van der Waals surface area contributed by atoms with Crippen LogP contribution < -0.4 is 5.32 Å². The van der Waals surface area contributed by atoms with Gasteiger partial charge in [0.05, 0.1) is 6.04 Å². The predicted octanol–water partition coefficient (Wildman–Crippen LogP) is 3.51. The smallest absolute Gasteiger partial charge is 0.0589 e. The molecule has 0 saturated carbocycles. The number of pyridine rings is 1. The quantitative estimate of drug-likeness (QED) is 0.884. The highest BCUT2D eigenvalue weighted by atomic mass is 14.9. The molecule has 2 aromatic rings. The van der Waals surface area contributed by atoms with E-state index >= 15 is 0 Å². The van der Waals surface area contributed by atoms with Gasteiger partial charge in [-0.2, -0.15) is 0 Å². The van der Waals surface area contributed by atoms with E-state index in [1.807, 2.05) is 19.3 Å². The molecule has 1 unspecified atom stereocenters. The van der Waals surface area contributed by atoms with E-state index in [2.05, 4.69) is 54.5 Å². The second kappa shape index (κ2) is 5.78. The van der Waals surface area contributed by atoms with Crippen molar-refractivity contribution in [2.24, 2.45) is 0 Å². The molecule has 0 aliphatic carbocycles. The SMILES string of the molecule is CNC(c1ccc(C(C)C)cc1)c1cccnc1. The Morgan fingerprint density at radius 2 is 1.61 bits per heavy atom. The highest BCUT2D eigenvalue weighted by Crippen LogP contribution is 2.23. The van der Waals surface area contributed by atoms with Crippen LogP contribution in [0.25, 0.3) is 0 Å². The molecule has 1 aromatic carbocycles. The van der Waals surface area contributed by atoms with Crippen molar-refractivity contribution < 1.29 is 0 Å². The van der Waals surface area contributed by atoms with Crippen LogP contribution in [-0.2, 0) is 0 Å². The average Bonchev–Trinajstić information content (AvgIpc) is 2.41. The van der Waals surface area contributed by atoms with Crippen molar-refractivity contribution >= 4 is 0 Å². The van der Waals surface area contributed by atoms with Crippen LogP contribution in [-0.4, -0.2) is 12.0 Å². The number of hydrogen-bond acceptors (Lipinski definition) is 2. The topological polar surface area (TPSA) is 24.9 Å². The molecule has 0 amide bonds. The Balaban J connectivity index is 2.28. The maximum absolute atomic E-state index is 4.18. The van der Waals surface area contributed by atoms with Crippen LogP contribution >= 0.6 is 0 Å². The van der Waals surface area contributed by atoms with Gasteiger partial charge < -0.3 is 5.32 Å². The molecular formula is C16H20N2. The molecule has 1 aromatic heterocycles. The Kier molecular flexibility index (Phi) is 4.11. The first-order valence-corrected chi connectivity index (χ1v) is 6.39. The van der Waals surface area contributed by atoms with Gasteiger partial charge in [-0.05, 0) is 35.7 Å². The number of hydrogen-bond donors (Lipinski definition) is 1. The summed E-state index contributed by atoms with van der Waals surface area (Å²) in [5, 5.41) is 3.34. The number of nitrogens with zero attached hydrogens (tertiary/aromatic N) is 1. The Hall–Kier alpha value is -1.67. The first-order valence-electron chi connectivity index (χ1n) is 6.39. The second-order valence-electron chi connectivity index (χ2n) is 4.83. The van der Waals surface area contributed by atoms with Crippen LogP contribution in [0.1, 0.15) is 42.5 Å². The molecule has 2 rings (SSSR count). The molecule has 2 heteroatoms. The fraction of sp³-hybridized carbons (Fsp3) is 0.312. The van der Waals surface area contributed by atoms with Crippen molar-refractivity contribution in [3.8, 4) is 0 Å². The molecule has 1 N–H and O–H groups in total. The average molecular weight is 240 g/mol. The number of nitrogens with one attached hydrogen (secondary N) is 1. The van der Waals surface area contributed by atoms with E-state index in [1.165, 1.54) is 16.7 Å². The molecule has 18 heavy (non-hydrogen) atoms. The molecule has 2 nitrogen and oxygen atoms in total. The lowest BCUT2D eigenvalue weighted by Gasteiger charge is -2.17. The fourth-order valence-corrected chi connectivity index (χ4v) is 2.15. The Morgan fingerprint density at radius 3 is 2.11 bits per heavy atom. The molecular weight excluding hydrogens is 220 g/mol. The van der Waals surface area contributed by atoms with Gasteiger partial charge in [0.25, 0.3) is 0 Å². The van der Waals surface area contributed by atoms with Crippen LogP contribution in [0.5, 0.6) is 0 Å². The van der Waals surface area contributed by atoms with Gasteiger partial charge in [0.15, 0.2) is 0 Å². The zero-order chi connectivity index (χ0) is 13.0. The molecule has 0 radical (unpaired) electrons. The van der Waals surface area contributed by atoms with Crippen molar-refractivity contribution in [3.05, 3.63) is 65.5 Å². The predicted molar refractivity (Wildman–Crippen MR) is 75.7 cm³/mol. The standard InChI is InChI=1S/C16H20N2/c1-12(2)13-6-8-14(9-7-13)16(17-3)15-5-4-10-18-11-15/h4-12,16-17H,1-3H3. The summed E-state index contributed by atoms with van der Waals surface area (Å²) in [6.07, 6.45) is 3.72. The van der Waals surface area contributed by atoms with E-state index in [0.29, 0.717) is 5.92 Å². The molecule has 0 spiro atoms. The molecule has 0 saturated heterocycles. The largest absolute Gasteiger partial charge is 0.309 e. The van der Waals surface area contributed by atoms with E-state index < -0.39 is 0 Å². The maximum atomic E-state index is 4.18. The number of benzene rings is 1. The highest BCUT2D eigenvalue weighted by Gasteiger charge is 2.11. The van der Waals surface area contributed by atoms with Gasteiger partial charge in [0.1, 0.15) is 0 Å². The number of aromatic nitrogens is 1. The van der Waals surface area contributed by atoms with Gasteiger partial charge in [-0.25, -0.2) is 0 Å². The summed E-state index contributed by atoms with van der Waals surface area (Å²) in [5.74, 6) is 0.575.